The summed E-state index contributed by atoms with van der Waals surface area (Å²) in [4.78, 5) is 0. The average molecular weight is 141 g/mol. The maximum atomic E-state index is 4.01. The molecule has 0 saturated heterocycles. The molecule has 0 aromatic heterocycles. The number of rotatable bonds is 4. The van der Waals surface area contributed by atoms with Crippen LogP contribution >= 0.6 is 0 Å². The molecule has 1 radical (unpaired) electrons. The van der Waals surface area contributed by atoms with Gasteiger partial charge in [-0.1, -0.05) is 41.0 Å². The minimum atomic E-state index is 0.510. The summed E-state index contributed by atoms with van der Waals surface area (Å²) in [6.45, 7) is 13.1. The van der Waals surface area contributed by atoms with Crippen LogP contribution in [0, 0.1) is 18.3 Å². The van der Waals surface area contributed by atoms with Gasteiger partial charge in [0.25, 0.3) is 0 Å². The lowest BCUT2D eigenvalue weighted by molar-refractivity contribution is 0.274. The van der Waals surface area contributed by atoms with Crippen molar-refractivity contribution in [1.29, 1.82) is 0 Å². The predicted molar refractivity (Wildman–Crippen MR) is 47.8 cm³/mol. The molecular weight excluding hydrogens is 120 g/mol. The van der Waals surface area contributed by atoms with Crippen molar-refractivity contribution in [2.24, 2.45) is 11.3 Å². The Morgan fingerprint density at radius 1 is 1.40 bits per heavy atom. The molecule has 0 heterocycles. The molecular formula is C10H21. The first kappa shape index (κ1) is 10.0. The zero-order chi connectivity index (χ0) is 8.20. The Kier molecular flexibility index (Phi) is 4.00. The molecule has 0 heteroatoms. The van der Waals surface area contributed by atoms with Crippen molar-refractivity contribution in [2.75, 3.05) is 0 Å². The Morgan fingerprint density at radius 3 is 2.20 bits per heavy atom. The topological polar surface area (TPSA) is 0 Å². The van der Waals surface area contributed by atoms with Gasteiger partial charge in [0.1, 0.15) is 0 Å². The molecule has 0 aliphatic carbocycles. The van der Waals surface area contributed by atoms with Crippen LogP contribution in [0.1, 0.15) is 47.0 Å². The summed E-state index contributed by atoms with van der Waals surface area (Å²) in [5, 5.41) is 0. The van der Waals surface area contributed by atoms with Crippen molar-refractivity contribution in [3.8, 4) is 0 Å². The second-order valence-corrected chi connectivity index (χ2v) is 4.22. The minimum Gasteiger partial charge on any atom is -0.0654 e. The number of hydrogen-bond donors (Lipinski definition) is 0. The van der Waals surface area contributed by atoms with E-state index >= 15 is 0 Å². The highest BCUT2D eigenvalue weighted by Gasteiger charge is 2.17. The molecule has 0 nitrogen and oxygen atoms in total. The van der Waals surface area contributed by atoms with E-state index in [2.05, 4.69) is 34.6 Å². The normalized spacial score (nSPS) is 12.6. The van der Waals surface area contributed by atoms with E-state index in [1.165, 1.54) is 19.3 Å². The molecule has 0 N–H and O–H groups in total. The van der Waals surface area contributed by atoms with E-state index in [1.54, 1.807) is 0 Å². The van der Waals surface area contributed by atoms with Gasteiger partial charge in [-0.3, -0.25) is 0 Å². The monoisotopic (exact) mass is 141 g/mol. The predicted octanol–water partition coefficient (Wildman–Crippen LogP) is 3.67. The molecule has 0 aliphatic rings. The SMILES string of the molecule is [CH2]C(C)CC(C)(C)CCC. The van der Waals surface area contributed by atoms with Gasteiger partial charge in [-0.15, -0.1) is 0 Å². The zero-order valence-corrected chi connectivity index (χ0v) is 7.91. The second-order valence-electron chi connectivity index (χ2n) is 4.22. The van der Waals surface area contributed by atoms with Crippen LogP contribution in [0.25, 0.3) is 0 Å². The van der Waals surface area contributed by atoms with Crippen LogP contribution in [0.15, 0.2) is 0 Å². The van der Waals surface area contributed by atoms with Gasteiger partial charge in [0, 0.05) is 0 Å². The smallest absolute Gasteiger partial charge is 0.0352 e. The van der Waals surface area contributed by atoms with Crippen molar-refractivity contribution < 1.29 is 0 Å². The first-order valence-electron chi connectivity index (χ1n) is 4.31. The van der Waals surface area contributed by atoms with Crippen LogP contribution in [0.2, 0.25) is 0 Å². The fourth-order valence-electron chi connectivity index (χ4n) is 1.72. The minimum absolute atomic E-state index is 0.510. The zero-order valence-electron chi connectivity index (χ0n) is 7.91. The van der Waals surface area contributed by atoms with Crippen LogP contribution in [0.3, 0.4) is 0 Å². The van der Waals surface area contributed by atoms with Gasteiger partial charge in [-0.2, -0.15) is 0 Å². The molecule has 0 rings (SSSR count). The highest BCUT2D eigenvalue weighted by molar-refractivity contribution is 4.71. The van der Waals surface area contributed by atoms with Crippen LogP contribution in [-0.2, 0) is 0 Å². The highest BCUT2D eigenvalue weighted by Crippen LogP contribution is 2.29. The van der Waals surface area contributed by atoms with E-state index in [-0.39, 0.29) is 0 Å². The largest absolute Gasteiger partial charge is 0.0654 e. The molecule has 61 valence electrons. The maximum Gasteiger partial charge on any atom is -0.0352 e. The van der Waals surface area contributed by atoms with E-state index in [9.17, 15) is 0 Å². The van der Waals surface area contributed by atoms with Gasteiger partial charge in [-0.05, 0) is 24.2 Å². The van der Waals surface area contributed by atoms with Gasteiger partial charge in [0.2, 0.25) is 0 Å². The van der Waals surface area contributed by atoms with E-state index < -0.39 is 0 Å². The molecule has 0 spiro atoms. The summed E-state index contributed by atoms with van der Waals surface area (Å²) < 4.78 is 0. The van der Waals surface area contributed by atoms with E-state index in [4.69, 9.17) is 0 Å². The standard InChI is InChI=1S/C10H21/c1-6-7-10(4,5)8-9(2)3/h9H,2,6-8H2,1,3-5H3. The Morgan fingerprint density at radius 2 is 1.90 bits per heavy atom. The molecule has 0 amide bonds. The summed E-state index contributed by atoms with van der Waals surface area (Å²) in [5.74, 6) is 0.599. The van der Waals surface area contributed by atoms with Crippen LogP contribution in [0.4, 0.5) is 0 Å². The lowest BCUT2D eigenvalue weighted by Crippen LogP contribution is -2.13. The van der Waals surface area contributed by atoms with Crippen molar-refractivity contribution in [3.05, 3.63) is 6.92 Å². The average Bonchev–Trinajstić information content (AvgIpc) is 1.59. The van der Waals surface area contributed by atoms with Gasteiger partial charge in [0.15, 0.2) is 0 Å². The quantitative estimate of drug-likeness (QED) is 0.560. The van der Waals surface area contributed by atoms with Crippen molar-refractivity contribution in [1.82, 2.24) is 0 Å². The van der Waals surface area contributed by atoms with E-state index in [1.807, 2.05) is 0 Å². The molecule has 0 aliphatic heterocycles. The molecule has 10 heavy (non-hydrogen) atoms. The lowest BCUT2D eigenvalue weighted by Gasteiger charge is -2.25. The van der Waals surface area contributed by atoms with Crippen molar-refractivity contribution in [3.63, 3.8) is 0 Å². The first-order chi connectivity index (χ1) is 4.48. The van der Waals surface area contributed by atoms with Gasteiger partial charge in [-0.25, -0.2) is 0 Å². The Balaban J connectivity index is 3.63. The van der Waals surface area contributed by atoms with Gasteiger partial charge in [0.05, 0.1) is 0 Å². The molecule has 0 fully saturated rings. The number of hydrogen-bond acceptors (Lipinski definition) is 0. The lowest BCUT2D eigenvalue weighted by atomic mass is 9.80. The third-order valence-corrected chi connectivity index (χ3v) is 1.83. The Labute approximate surface area is 66.0 Å². The van der Waals surface area contributed by atoms with E-state index in [0.717, 1.165) is 0 Å². The van der Waals surface area contributed by atoms with Crippen LogP contribution in [-0.4, -0.2) is 0 Å². The molecule has 0 aromatic carbocycles. The summed E-state index contributed by atoms with van der Waals surface area (Å²) in [7, 11) is 0. The maximum absolute atomic E-state index is 4.01. The molecule has 0 bridgehead atoms. The van der Waals surface area contributed by atoms with Crippen LogP contribution in [0.5, 0.6) is 0 Å². The summed E-state index contributed by atoms with van der Waals surface area (Å²) >= 11 is 0. The first-order valence-corrected chi connectivity index (χ1v) is 4.31. The third-order valence-electron chi connectivity index (χ3n) is 1.83. The summed E-state index contributed by atoms with van der Waals surface area (Å²) in [5.41, 5.74) is 0.510. The Bertz CT molecular complexity index is 80.0. The third kappa shape index (κ3) is 4.84. The van der Waals surface area contributed by atoms with E-state index in [0.29, 0.717) is 11.3 Å². The fraction of sp³-hybridized carbons (Fsp3) is 0.900. The van der Waals surface area contributed by atoms with Crippen LogP contribution < -0.4 is 0 Å². The molecule has 0 saturated carbocycles. The molecule has 1 unspecified atom stereocenters. The van der Waals surface area contributed by atoms with Crippen molar-refractivity contribution >= 4 is 0 Å². The summed E-state index contributed by atoms with van der Waals surface area (Å²) in [6.07, 6.45) is 3.87. The van der Waals surface area contributed by atoms with Gasteiger partial charge >= 0.3 is 0 Å². The highest BCUT2D eigenvalue weighted by atomic mass is 14.2. The Hall–Kier alpha value is 0. The summed E-state index contributed by atoms with van der Waals surface area (Å²) in [6, 6.07) is 0. The van der Waals surface area contributed by atoms with Crippen molar-refractivity contribution in [2.45, 2.75) is 47.0 Å². The molecule has 1 atom stereocenters. The molecule has 0 aromatic rings. The second kappa shape index (κ2) is 4.00. The fourth-order valence-corrected chi connectivity index (χ4v) is 1.72. The van der Waals surface area contributed by atoms with Gasteiger partial charge < -0.3 is 0 Å².